The Balaban J connectivity index is 1.85. The Morgan fingerprint density at radius 1 is 1.39 bits per heavy atom. The van der Waals surface area contributed by atoms with Crippen LogP contribution in [-0.2, 0) is 11.2 Å². The van der Waals surface area contributed by atoms with Crippen molar-refractivity contribution < 1.29 is 4.79 Å². The molecule has 1 fully saturated rings. The van der Waals surface area contributed by atoms with Gasteiger partial charge in [0.05, 0.1) is 0 Å². The zero-order valence-electron chi connectivity index (χ0n) is 10.8. The molecule has 0 bridgehead atoms. The van der Waals surface area contributed by atoms with Gasteiger partial charge in [-0.1, -0.05) is 46.3 Å². The molecule has 2 atom stereocenters. The molecule has 1 heterocycles. The molecule has 1 aromatic rings. The van der Waals surface area contributed by atoms with Crippen molar-refractivity contribution in [3.05, 3.63) is 35.9 Å². The molecule has 0 spiro atoms. The Morgan fingerprint density at radius 3 is 2.72 bits per heavy atom. The first-order chi connectivity index (χ1) is 8.70. The van der Waals surface area contributed by atoms with E-state index in [0.29, 0.717) is 24.3 Å². The van der Waals surface area contributed by atoms with Gasteiger partial charge in [-0.2, -0.15) is 0 Å². The van der Waals surface area contributed by atoms with E-state index in [4.69, 9.17) is 0 Å². The average Bonchev–Trinajstić information content (AvgIpc) is 2.78. The fourth-order valence-electron chi connectivity index (χ4n) is 2.51. The number of nitrogens with zero attached hydrogens (tertiary/aromatic N) is 1. The summed E-state index contributed by atoms with van der Waals surface area (Å²) >= 11 is 3.48. The lowest BCUT2D eigenvalue weighted by atomic mass is 10.1. The smallest absolute Gasteiger partial charge is 0.223 e. The van der Waals surface area contributed by atoms with E-state index in [1.54, 1.807) is 0 Å². The third-order valence-electron chi connectivity index (χ3n) is 3.68. The number of amides is 1. The molecular weight excluding hydrogens is 290 g/mol. The predicted molar refractivity (Wildman–Crippen MR) is 77.8 cm³/mol. The maximum atomic E-state index is 11.9. The minimum Gasteiger partial charge on any atom is -0.340 e. The van der Waals surface area contributed by atoms with Gasteiger partial charge < -0.3 is 4.90 Å². The van der Waals surface area contributed by atoms with Gasteiger partial charge in [-0.3, -0.25) is 4.79 Å². The number of halogens is 1. The van der Waals surface area contributed by atoms with E-state index in [9.17, 15) is 4.79 Å². The second-order valence-electron chi connectivity index (χ2n) is 5.14. The third kappa shape index (κ3) is 3.35. The monoisotopic (exact) mass is 309 g/mol. The summed E-state index contributed by atoms with van der Waals surface area (Å²) in [6.07, 6.45) is 2.80. The van der Waals surface area contributed by atoms with Gasteiger partial charge in [0.15, 0.2) is 0 Å². The van der Waals surface area contributed by atoms with Crippen molar-refractivity contribution in [1.29, 1.82) is 0 Å². The minimum absolute atomic E-state index is 0.319. The topological polar surface area (TPSA) is 20.3 Å². The standard InChI is InChI=1S/C15H20BrNO/c1-12(7-8-13-5-3-2-4-6-13)17-11-14(10-16)9-15(17)18/h2-6,12,14H,7-11H2,1H3. The SMILES string of the molecule is CC(CCc1ccccc1)N1CC(CBr)CC1=O. The number of carbonyl (C=O) groups is 1. The summed E-state index contributed by atoms with van der Waals surface area (Å²) in [5.41, 5.74) is 1.35. The van der Waals surface area contributed by atoms with Crippen molar-refractivity contribution in [2.75, 3.05) is 11.9 Å². The van der Waals surface area contributed by atoms with Crippen molar-refractivity contribution in [3.63, 3.8) is 0 Å². The quantitative estimate of drug-likeness (QED) is 0.765. The molecule has 0 N–H and O–H groups in total. The van der Waals surface area contributed by atoms with Crippen LogP contribution < -0.4 is 0 Å². The Morgan fingerprint density at radius 2 is 2.11 bits per heavy atom. The van der Waals surface area contributed by atoms with Gasteiger partial charge >= 0.3 is 0 Å². The first-order valence-electron chi connectivity index (χ1n) is 6.60. The predicted octanol–water partition coefficient (Wildman–Crippen LogP) is 3.25. The summed E-state index contributed by atoms with van der Waals surface area (Å²) in [7, 11) is 0. The molecule has 1 amide bonds. The highest BCUT2D eigenvalue weighted by Crippen LogP contribution is 2.23. The maximum absolute atomic E-state index is 11.9. The Kier molecular flexibility index (Phi) is 4.81. The van der Waals surface area contributed by atoms with E-state index >= 15 is 0 Å². The zero-order chi connectivity index (χ0) is 13.0. The van der Waals surface area contributed by atoms with Crippen LogP contribution in [0.2, 0.25) is 0 Å². The van der Waals surface area contributed by atoms with Crippen LogP contribution >= 0.6 is 15.9 Å². The Hall–Kier alpha value is -0.830. The number of hydrogen-bond donors (Lipinski definition) is 0. The first kappa shape index (κ1) is 13.6. The van der Waals surface area contributed by atoms with Gasteiger partial charge in [0.25, 0.3) is 0 Å². The van der Waals surface area contributed by atoms with Crippen molar-refractivity contribution in [2.24, 2.45) is 5.92 Å². The minimum atomic E-state index is 0.319. The molecule has 3 heteroatoms. The molecule has 0 aromatic heterocycles. The van der Waals surface area contributed by atoms with Gasteiger partial charge in [0, 0.05) is 24.3 Å². The number of aryl methyl sites for hydroxylation is 1. The zero-order valence-corrected chi connectivity index (χ0v) is 12.4. The number of carbonyl (C=O) groups excluding carboxylic acids is 1. The van der Waals surface area contributed by atoms with Crippen LogP contribution in [0.15, 0.2) is 30.3 Å². The van der Waals surface area contributed by atoms with Gasteiger partial charge in [-0.05, 0) is 31.2 Å². The van der Waals surface area contributed by atoms with E-state index in [2.05, 4.69) is 52.0 Å². The molecule has 1 saturated heterocycles. The lowest BCUT2D eigenvalue weighted by Crippen LogP contribution is -2.34. The van der Waals surface area contributed by atoms with Crippen LogP contribution in [0.3, 0.4) is 0 Å². The van der Waals surface area contributed by atoms with E-state index in [0.717, 1.165) is 24.7 Å². The molecule has 2 rings (SSSR count). The summed E-state index contributed by atoms with van der Waals surface area (Å²) in [6, 6.07) is 10.8. The highest BCUT2D eigenvalue weighted by atomic mass is 79.9. The third-order valence-corrected chi connectivity index (χ3v) is 4.60. The lowest BCUT2D eigenvalue weighted by Gasteiger charge is -2.24. The second kappa shape index (κ2) is 6.37. The number of rotatable bonds is 5. The van der Waals surface area contributed by atoms with Crippen molar-refractivity contribution in [1.82, 2.24) is 4.90 Å². The van der Waals surface area contributed by atoms with E-state index < -0.39 is 0 Å². The van der Waals surface area contributed by atoms with Gasteiger partial charge in [-0.15, -0.1) is 0 Å². The molecule has 1 aliphatic heterocycles. The van der Waals surface area contributed by atoms with Crippen LogP contribution in [0.5, 0.6) is 0 Å². The first-order valence-corrected chi connectivity index (χ1v) is 7.72. The van der Waals surface area contributed by atoms with Crippen LogP contribution in [0.4, 0.5) is 0 Å². The molecule has 0 saturated carbocycles. The Labute approximate surface area is 117 Å². The lowest BCUT2D eigenvalue weighted by molar-refractivity contribution is -0.129. The summed E-state index contributed by atoms with van der Waals surface area (Å²) < 4.78 is 0. The molecule has 0 aliphatic carbocycles. The summed E-state index contributed by atoms with van der Waals surface area (Å²) in [4.78, 5) is 14.0. The molecule has 1 aromatic carbocycles. The summed E-state index contributed by atoms with van der Waals surface area (Å²) in [6.45, 7) is 3.08. The molecule has 98 valence electrons. The van der Waals surface area contributed by atoms with Gasteiger partial charge in [0.2, 0.25) is 5.91 Å². The summed E-state index contributed by atoms with van der Waals surface area (Å²) in [5, 5.41) is 0.931. The van der Waals surface area contributed by atoms with Crippen molar-refractivity contribution >= 4 is 21.8 Å². The van der Waals surface area contributed by atoms with Gasteiger partial charge in [-0.25, -0.2) is 0 Å². The average molecular weight is 310 g/mol. The fraction of sp³-hybridized carbons (Fsp3) is 0.533. The molecular formula is C15H20BrNO. The van der Waals surface area contributed by atoms with Gasteiger partial charge in [0.1, 0.15) is 0 Å². The molecule has 1 aliphatic rings. The van der Waals surface area contributed by atoms with Crippen LogP contribution in [-0.4, -0.2) is 28.7 Å². The second-order valence-corrected chi connectivity index (χ2v) is 5.79. The van der Waals surface area contributed by atoms with Crippen LogP contribution in [0.25, 0.3) is 0 Å². The fourth-order valence-corrected chi connectivity index (χ4v) is 2.95. The van der Waals surface area contributed by atoms with Crippen LogP contribution in [0, 0.1) is 5.92 Å². The normalized spacial score (nSPS) is 21.3. The number of hydrogen-bond acceptors (Lipinski definition) is 1. The molecule has 18 heavy (non-hydrogen) atoms. The van der Waals surface area contributed by atoms with E-state index in [-0.39, 0.29) is 0 Å². The highest BCUT2D eigenvalue weighted by Gasteiger charge is 2.31. The molecule has 0 radical (unpaired) electrons. The van der Waals surface area contributed by atoms with Crippen LogP contribution in [0.1, 0.15) is 25.3 Å². The number of benzene rings is 1. The van der Waals surface area contributed by atoms with E-state index in [1.165, 1.54) is 5.56 Å². The maximum Gasteiger partial charge on any atom is 0.223 e. The Bertz CT molecular complexity index is 393. The van der Waals surface area contributed by atoms with Crippen molar-refractivity contribution in [2.45, 2.75) is 32.2 Å². The largest absolute Gasteiger partial charge is 0.340 e. The summed E-state index contributed by atoms with van der Waals surface area (Å²) in [5.74, 6) is 0.816. The van der Waals surface area contributed by atoms with E-state index in [1.807, 2.05) is 6.07 Å². The number of likely N-dealkylation sites (tertiary alicyclic amines) is 1. The van der Waals surface area contributed by atoms with Crippen molar-refractivity contribution in [3.8, 4) is 0 Å². The number of alkyl halides is 1. The highest BCUT2D eigenvalue weighted by molar-refractivity contribution is 9.09. The molecule has 2 nitrogen and oxygen atoms in total. The molecule has 2 unspecified atom stereocenters.